The summed E-state index contributed by atoms with van der Waals surface area (Å²) in [5.41, 5.74) is 1.73. The number of carboxylic acids is 1. The van der Waals surface area contributed by atoms with Crippen molar-refractivity contribution in [2.75, 3.05) is 12.4 Å². The van der Waals surface area contributed by atoms with Gasteiger partial charge in [-0.2, -0.15) is 0 Å². The topological polar surface area (TPSA) is 55.8 Å². The number of alkyl halides is 3. The molecule has 3 aromatic rings. The summed E-state index contributed by atoms with van der Waals surface area (Å²) in [4.78, 5) is 11.6. The fraction of sp³-hybridized carbons (Fsp3) is 0.125. The zero-order valence-corrected chi connectivity index (χ0v) is 20.0. The number of thioether (sulfide) groups is 1. The fourth-order valence-electron chi connectivity index (χ4n) is 2.95. The van der Waals surface area contributed by atoms with E-state index in [1.807, 2.05) is 42.5 Å². The van der Waals surface area contributed by atoms with E-state index in [0.717, 1.165) is 14.0 Å². The summed E-state index contributed by atoms with van der Waals surface area (Å²) in [6.07, 6.45) is -2.93. The molecule has 0 aromatic heterocycles. The third-order valence-corrected chi connectivity index (χ3v) is 6.54. The summed E-state index contributed by atoms with van der Waals surface area (Å²) in [5.74, 6) is -0.392. The van der Waals surface area contributed by atoms with Gasteiger partial charge < -0.3 is 14.6 Å². The van der Waals surface area contributed by atoms with Gasteiger partial charge in [0.15, 0.2) is 6.61 Å². The first-order chi connectivity index (χ1) is 15.7. The van der Waals surface area contributed by atoms with Crippen molar-refractivity contribution in [1.82, 2.24) is 0 Å². The van der Waals surface area contributed by atoms with E-state index in [2.05, 4.69) is 27.3 Å². The van der Waals surface area contributed by atoms with Crippen molar-refractivity contribution in [3.63, 3.8) is 0 Å². The minimum Gasteiger partial charge on any atom is -0.482 e. The van der Waals surface area contributed by atoms with Gasteiger partial charge in [0, 0.05) is 19.8 Å². The van der Waals surface area contributed by atoms with Crippen LogP contribution in [0.25, 0.3) is 5.57 Å². The fourth-order valence-corrected chi connectivity index (χ4v) is 4.70. The third kappa shape index (κ3) is 7.71. The third-order valence-electron chi connectivity index (χ3n) is 4.28. The molecule has 0 atom stereocenters. The van der Waals surface area contributed by atoms with Crippen LogP contribution in [0.3, 0.4) is 0 Å². The van der Waals surface area contributed by atoms with E-state index < -0.39 is 18.9 Å². The minimum absolute atomic E-state index is 0.264. The van der Waals surface area contributed by atoms with Gasteiger partial charge in [0.2, 0.25) is 0 Å². The van der Waals surface area contributed by atoms with Gasteiger partial charge in [0.25, 0.3) is 0 Å². The van der Waals surface area contributed by atoms with Crippen molar-refractivity contribution in [1.29, 1.82) is 0 Å². The molecule has 172 valence electrons. The first-order valence-electron chi connectivity index (χ1n) is 9.60. The highest BCUT2D eigenvalue weighted by molar-refractivity contribution is 14.1. The van der Waals surface area contributed by atoms with Gasteiger partial charge in [-0.05, 0) is 58.0 Å². The first-order valence-corrected chi connectivity index (χ1v) is 11.7. The Morgan fingerprint density at radius 2 is 1.73 bits per heavy atom. The summed E-state index contributed by atoms with van der Waals surface area (Å²) >= 11 is 3.63. The van der Waals surface area contributed by atoms with E-state index in [0.29, 0.717) is 22.6 Å². The van der Waals surface area contributed by atoms with Crippen LogP contribution in [0.4, 0.5) is 13.2 Å². The Hall–Kier alpha value is -2.66. The molecule has 0 saturated carbocycles. The van der Waals surface area contributed by atoms with E-state index in [4.69, 9.17) is 9.84 Å². The average molecular weight is 586 g/mol. The Morgan fingerprint density at radius 3 is 2.39 bits per heavy atom. The van der Waals surface area contributed by atoms with Crippen LogP contribution < -0.4 is 9.47 Å². The van der Waals surface area contributed by atoms with Crippen LogP contribution in [0.15, 0.2) is 83.8 Å². The van der Waals surface area contributed by atoms with Crippen LogP contribution in [0.2, 0.25) is 0 Å². The Morgan fingerprint density at radius 1 is 1.03 bits per heavy atom. The van der Waals surface area contributed by atoms with Gasteiger partial charge in [0.1, 0.15) is 11.5 Å². The van der Waals surface area contributed by atoms with Crippen LogP contribution in [0, 0.1) is 3.57 Å². The van der Waals surface area contributed by atoms with Gasteiger partial charge in [-0.1, -0.05) is 54.6 Å². The average Bonchev–Trinajstić information content (AvgIpc) is 2.77. The normalized spacial score (nSPS) is 11.8. The van der Waals surface area contributed by atoms with E-state index in [1.165, 1.54) is 23.9 Å². The monoisotopic (exact) mass is 586 g/mol. The minimum atomic E-state index is -4.80. The highest BCUT2D eigenvalue weighted by Gasteiger charge is 2.32. The van der Waals surface area contributed by atoms with Gasteiger partial charge in [-0.3, -0.25) is 0 Å². The molecule has 0 bridgehead atoms. The molecular formula is C24H18F3IO4S. The summed E-state index contributed by atoms with van der Waals surface area (Å²) in [6.45, 7) is -0.425. The summed E-state index contributed by atoms with van der Waals surface area (Å²) < 4.78 is 49.2. The number of rotatable bonds is 9. The molecule has 0 radical (unpaired) electrons. The molecule has 0 aliphatic heterocycles. The Balaban J connectivity index is 1.86. The van der Waals surface area contributed by atoms with Crippen molar-refractivity contribution in [2.24, 2.45) is 0 Å². The van der Waals surface area contributed by atoms with Crippen LogP contribution >= 0.6 is 34.4 Å². The smallest absolute Gasteiger partial charge is 0.482 e. The molecular weight excluding hydrogens is 568 g/mol. The van der Waals surface area contributed by atoms with Crippen molar-refractivity contribution >= 4 is 45.9 Å². The summed E-state index contributed by atoms with van der Waals surface area (Å²) in [7, 11) is 0. The molecule has 3 aromatic carbocycles. The van der Waals surface area contributed by atoms with Crippen molar-refractivity contribution in [2.45, 2.75) is 11.3 Å². The number of hydrogen-bond donors (Lipinski definition) is 1. The molecule has 3 rings (SSSR count). The Labute approximate surface area is 206 Å². The van der Waals surface area contributed by atoms with E-state index in [9.17, 15) is 18.0 Å². The lowest BCUT2D eigenvalue weighted by Gasteiger charge is -2.16. The number of carbonyl (C=O) groups is 1. The molecule has 0 unspecified atom stereocenters. The Bertz CT molecular complexity index is 1130. The lowest BCUT2D eigenvalue weighted by Crippen LogP contribution is -2.18. The maximum atomic E-state index is 12.9. The van der Waals surface area contributed by atoms with Crippen molar-refractivity contribution < 1.29 is 32.5 Å². The number of benzene rings is 3. The van der Waals surface area contributed by atoms with Crippen LogP contribution in [-0.4, -0.2) is 29.8 Å². The van der Waals surface area contributed by atoms with E-state index in [-0.39, 0.29) is 5.75 Å². The molecule has 0 amide bonds. The maximum Gasteiger partial charge on any atom is 0.573 e. The molecule has 33 heavy (non-hydrogen) atoms. The lowest BCUT2D eigenvalue weighted by molar-refractivity contribution is -0.274. The number of ether oxygens (including phenoxy) is 2. The number of carboxylic acid groups (broad SMARTS) is 1. The lowest BCUT2D eigenvalue weighted by atomic mass is 9.97. The van der Waals surface area contributed by atoms with Crippen molar-refractivity contribution in [3.05, 3.63) is 93.6 Å². The second-order valence-corrected chi connectivity index (χ2v) is 8.84. The predicted molar refractivity (Wildman–Crippen MR) is 130 cm³/mol. The molecule has 0 heterocycles. The molecule has 0 aliphatic rings. The van der Waals surface area contributed by atoms with Gasteiger partial charge >= 0.3 is 12.3 Å². The molecule has 0 fully saturated rings. The molecule has 0 aliphatic carbocycles. The van der Waals surface area contributed by atoms with Crippen LogP contribution in [0.5, 0.6) is 11.5 Å². The van der Waals surface area contributed by atoms with Gasteiger partial charge in [0.05, 0.1) is 0 Å². The maximum absolute atomic E-state index is 12.9. The molecule has 0 spiro atoms. The number of hydrogen-bond acceptors (Lipinski definition) is 4. The van der Waals surface area contributed by atoms with Crippen molar-refractivity contribution in [3.8, 4) is 11.5 Å². The summed E-state index contributed by atoms with van der Waals surface area (Å²) in [6, 6.07) is 20.4. The standard InChI is InChI=1S/C24H18F3IO4S/c25-24(26,27)32-21-9-5-4-8-19(21)18(16-6-2-1-3-7-16)12-13-33-22-11-10-17(14-20(22)28)31-15-23(29)30/h1-12,14H,13,15H2,(H,29,30)/b18-12-. The van der Waals surface area contributed by atoms with Crippen LogP contribution in [-0.2, 0) is 4.79 Å². The second-order valence-electron chi connectivity index (χ2n) is 6.61. The van der Waals surface area contributed by atoms with E-state index in [1.54, 1.807) is 24.3 Å². The summed E-state index contributed by atoms with van der Waals surface area (Å²) in [5, 5.41) is 8.73. The van der Waals surface area contributed by atoms with Gasteiger partial charge in [-0.15, -0.1) is 24.9 Å². The SMILES string of the molecule is O=C(O)COc1ccc(SC/C=C(/c2ccccc2)c2ccccc2OC(F)(F)F)c(I)c1. The van der Waals surface area contributed by atoms with Gasteiger partial charge in [-0.25, -0.2) is 4.79 Å². The Kier molecular flexibility index (Phi) is 8.67. The van der Waals surface area contributed by atoms with Crippen LogP contribution in [0.1, 0.15) is 11.1 Å². The molecule has 1 N–H and O–H groups in total. The highest BCUT2D eigenvalue weighted by atomic mass is 127. The molecule has 0 saturated heterocycles. The number of para-hydroxylation sites is 1. The van der Waals surface area contributed by atoms with E-state index >= 15 is 0 Å². The second kappa shape index (κ2) is 11.5. The first kappa shape index (κ1) is 25.0. The number of aliphatic carboxylic acids is 1. The zero-order valence-electron chi connectivity index (χ0n) is 17.0. The zero-order chi connectivity index (χ0) is 23.8. The number of halogens is 4. The predicted octanol–water partition coefficient (Wildman–Crippen LogP) is 6.88. The quantitative estimate of drug-likeness (QED) is 0.219. The largest absolute Gasteiger partial charge is 0.573 e. The highest BCUT2D eigenvalue weighted by Crippen LogP contribution is 2.35. The molecule has 4 nitrogen and oxygen atoms in total. The molecule has 9 heteroatoms.